The SMILES string of the molecule is C.CC(C)(C)OCC(O)CN1CCC1.CC(C)(C)OCCCN1CCC1.CC(C)(C)OC[C@@H](O)CN1CCC1.CC(C)(C)OC[C@H](O)CN1CCC1.CC(C)OCC1CN(C)C1.CC(C)OCC1CN(C)C1.CC(C)OCC1CNC1.CCN1CC(COC(C)C)C1.CCN1CCC(COC(C)C)C1.CCN1CC[C@@H](COC(C)C)C1.CCN1CC[C@H](COC(C)C)C1. The van der Waals surface area contributed by atoms with Gasteiger partial charge in [-0.05, 0) is 361 Å². The number of nitrogens with one attached hydrogen (secondary N) is 1. The largest absolute Gasteiger partial charge is 0.389 e. The third-order valence-electron chi connectivity index (χ3n) is 23.2. The highest BCUT2D eigenvalue weighted by Crippen LogP contribution is 2.23. The molecule has 11 aliphatic heterocycles. The zero-order chi connectivity index (χ0) is 95.7. The fourth-order valence-corrected chi connectivity index (χ4v) is 14.7. The molecule has 0 aromatic carbocycles. The first kappa shape index (κ1) is 127. The maximum absolute atomic E-state index is 9.58. The van der Waals surface area contributed by atoms with Crippen LogP contribution in [0.5, 0.6) is 0 Å². The Kier molecular flexibility index (Phi) is 71.7. The van der Waals surface area contributed by atoms with E-state index >= 15 is 0 Å². The van der Waals surface area contributed by atoms with Gasteiger partial charge < -0.3 is 122 Å². The maximum atomic E-state index is 9.58. The average Bonchev–Trinajstić information content (AvgIpc) is 1.08. The standard InChI is InChI=1S/3C10H21NO2.4C10H21NO.C9H19NO.2C8H17NO.C7H15NO.CH4/c3*1-10(2,3)13-8-9(12)7-11-5-4-6-11;1-10(2,3)12-9-5-8-11-6-4-7-11;3*1-4-11-6-5-10(7-11)8-12-9(2)3;1-4-10-5-9(6-10)7-11-8(2)3;2*1-7(2)10-6-8-4-9(3)5-8;1-6(2)9-5-7-3-8-4-7;/h3*9,12H,4-8H2,1-3H3;4-9H2,1-3H3;3*9-10H,4-8H2,1-3H3;8-9H,4-7H2,1-3H3;2*7-8H,4-6H2,1-3H3;6-8H,3-5H2,1-2H3;1H4/t2*9-;;;2*10-;;;;;;/m10..10....../s1. The molecule has 25 nitrogen and oxygen atoms in total. The average molecular weight is 1840 g/mol. The van der Waals surface area contributed by atoms with Crippen molar-refractivity contribution >= 4 is 0 Å². The number of nitrogens with zero attached hydrogens (tertiary/aromatic N) is 10. The van der Waals surface area contributed by atoms with Crippen LogP contribution in [-0.4, -0.2) is 431 Å². The first-order chi connectivity index (χ1) is 59.5. The van der Waals surface area contributed by atoms with Crippen molar-refractivity contribution in [3.63, 3.8) is 0 Å². The van der Waals surface area contributed by atoms with E-state index in [2.05, 4.69) is 214 Å². The van der Waals surface area contributed by atoms with E-state index in [4.69, 9.17) is 52.1 Å². The van der Waals surface area contributed by atoms with E-state index in [1.165, 1.54) is 176 Å². The van der Waals surface area contributed by atoms with Gasteiger partial charge in [0, 0.05) is 128 Å². The molecular formula is C103H219N11O14. The topological polar surface area (TPSA) is 207 Å². The molecule has 0 aromatic heterocycles. The van der Waals surface area contributed by atoms with Gasteiger partial charge in [-0.3, -0.25) is 0 Å². The maximum Gasteiger partial charge on any atom is 0.0900 e. The van der Waals surface area contributed by atoms with Crippen LogP contribution in [0.1, 0.15) is 267 Å². The lowest BCUT2D eigenvalue weighted by Gasteiger charge is -2.38. The molecule has 0 aromatic rings. The quantitative estimate of drug-likeness (QED) is 0.0420. The van der Waals surface area contributed by atoms with Gasteiger partial charge >= 0.3 is 0 Å². The Balaban J connectivity index is 0.00000139. The number of aliphatic hydroxyl groups is 3. The lowest BCUT2D eigenvalue weighted by atomic mass is 10.0. The Labute approximate surface area is 792 Å². The number of aliphatic hydroxyl groups excluding tert-OH is 3. The third kappa shape index (κ3) is 74.1. The molecule has 6 atom stereocenters. The van der Waals surface area contributed by atoms with Crippen LogP contribution in [-0.2, 0) is 52.1 Å². The van der Waals surface area contributed by atoms with Crippen molar-refractivity contribution in [3.05, 3.63) is 0 Å². The highest BCUT2D eigenvalue weighted by molar-refractivity contribution is 4.83. The van der Waals surface area contributed by atoms with Crippen LogP contribution in [0, 0.1) is 41.4 Å². The number of rotatable bonds is 41. The van der Waals surface area contributed by atoms with E-state index in [0.717, 1.165) is 166 Å². The van der Waals surface area contributed by atoms with E-state index in [9.17, 15) is 15.3 Å². The molecular weight excluding hydrogens is 1620 g/mol. The van der Waals surface area contributed by atoms with Gasteiger partial charge in [0.1, 0.15) is 0 Å². The molecule has 25 heteroatoms. The van der Waals surface area contributed by atoms with Crippen LogP contribution in [0.2, 0.25) is 0 Å². The van der Waals surface area contributed by atoms with E-state index in [-0.39, 0.29) is 48.1 Å². The predicted molar refractivity (Wildman–Crippen MR) is 539 cm³/mol. The Bertz CT molecular complexity index is 2290. The molecule has 0 spiro atoms. The number of β-amino-alcohol motifs (C(OH)–C–C–N with tert-alkyl or cyclic N) is 3. The first-order valence-electron chi connectivity index (χ1n) is 51.3. The normalized spacial score (nSPS) is 22.0. The number of likely N-dealkylation sites (tertiary alicyclic amines) is 10. The van der Waals surface area contributed by atoms with Crippen LogP contribution in [0.4, 0.5) is 0 Å². The van der Waals surface area contributed by atoms with Crippen molar-refractivity contribution in [2.24, 2.45) is 41.4 Å². The van der Waals surface area contributed by atoms with E-state index in [1.807, 2.05) is 62.3 Å². The van der Waals surface area contributed by atoms with Crippen molar-refractivity contribution < 1.29 is 67.4 Å². The van der Waals surface area contributed by atoms with Crippen LogP contribution in [0.15, 0.2) is 0 Å². The van der Waals surface area contributed by atoms with Gasteiger partial charge in [-0.25, -0.2) is 0 Å². The highest BCUT2D eigenvalue weighted by atomic mass is 16.5. The van der Waals surface area contributed by atoms with Crippen LogP contribution >= 0.6 is 0 Å². The second-order valence-corrected chi connectivity index (χ2v) is 43.9. The van der Waals surface area contributed by atoms with Crippen molar-refractivity contribution in [1.29, 1.82) is 0 Å². The van der Waals surface area contributed by atoms with Gasteiger partial charge in [-0.2, -0.15) is 0 Å². The molecule has 4 N–H and O–H groups in total. The van der Waals surface area contributed by atoms with Gasteiger partial charge in [-0.1, -0.05) is 35.1 Å². The molecule has 0 bridgehead atoms. The van der Waals surface area contributed by atoms with E-state index < -0.39 is 0 Å². The summed E-state index contributed by atoms with van der Waals surface area (Å²) >= 11 is 0. The molecule has 11 aliphatic rings. The summed E-state index contributed by atoms with van der Waals surface area (Å²) in [4.78, 5) is 23.8. The van der Waals surface area contributed by atoms with E-state index in [1.54, 1.807) is 0 Å². The summed E-state index contributed by atoms with van der Waals surface area (Å²) in [7, 11) is 4.29. The monoisotopic (exact) mass is 1830 g/mol. The van der Waals surface area contributed by atoms with Crippen molar-refractivity contribution in [2.45, 2.75) is 350 Å². The van der Waals surface area contributed by atoms with Crippen LogP contribution in [0.3, 0.4) is 0 Å². The Morgan fingerprint density at radius 1 is 0.289 bits per heavy atom. The van der Waals surface area contributed by atoms with Gasteiger partial charge in [-0.15, -0.1) is 0 Å². The fraction of sp³-hybridized carbons (Fsp3) is 1.00. The summed E-state index contributed by atoms with van der Waals surface area (Å²) < 4.78 is 60.7. The summed E-state index contributed by atoms with van der Waals surface area (Å²) in [6, 6.07) is 0. The lowest BCUT2D eigenvalue weighted by Crippen LogP contribution is -2.48. The first-order valence-corrected chi connectivity index (χ1v) is 51.3. The predicted octanol–water partition coefficient (Wildman–Crippen LogP) is 14.3. The zero-order valence-corrected chi connectivity index (χ0v) is 89.3. The van der Waals surface area contributed by atoms with Crippen LogP contribution < -0.4 is 5.32 Å². The number of ether oxygens (including phenoxy) is 11. The molecule has 0 radical (unpaired) electrons. The molecule has 11 saturated heterocycles. The van der Waals surface area contributed by atoms with Crippen molar-refractivity contribution in [2.75, 3.05) is 283 Å². The summed E-state index contributed by atoms with van der Waals surface area (Å²) in [6.07, 6.45) is 12.1. The third-order valence-corrected chi connectivity index (χ3v) is 23.2. The van der Waals surface area contributed by atoms with Gasteiger partial charge in [0.25, 0.3) is 0 Å². The van der Waals surface area contributed by atoms with Gasteiger partial charge in [0.05, 0.1) is 150 Å². The van der Waals surface area contributed by atoms with Crippen LogP contribution in [0.25, 0.3) is 0 Å². The summed E-state index contributed by atoms with van der Waals surface area (Å²) in [5.74, 6) is 5.54. The fourth-order valence-electron chi connectivity index (χ4n) is 14.7. The second-order valence-electron chi connectivity index (χ2n) is 43.9. The minimum absolute atomic E-state index is 0. The van der Waals surface area contributed by atoms with E-state index in [0.29, 0.717) is 62.5 Å². The molecule has 2 unspecified atom stereocenters. The minimum Gasteiger partial charge on any atom is -0.389 e. The Hall–Kier alpha value is -1.00. The van der Waals surface area contributed by atoms with Gasteiger partial charge in [0.2, 0.25) is 0 Å². The minimum atomic E-state index is -0.334. The molecule has 11 rings (SSSR count). The Morgan fingerprint density at radius 2 is 0.516 bits per heavy atom. The van der Waals surface area contributed by atoms with Gasteiger partial charge in [0.15, 0.2) is 0 Å². The molecule has 11 fully saturated rings. The van der Waals surface area contributed by atoms with Crippen molar-refractivity contribution in [3.8, 4) is 0 Å². The Morgan fingerprint density at radius 3 is 0.703 bits per heavy atom. The second kappa shape index (κ2) is 72.3. The molecule has 128 heavy (non-hydrogen) atoms. The summed E-state index contributed by atoms with van der Waals surface area (Å²) in [6.45, 7) is 106. The smallest absolute Gasteiger partial charge is 0.0900 e. The summed E-state index contributed by atoms with van der Waals surface area (Å²) in [5, 5.41) is 31.9. The summed E-state index contributed by atoms with van der Waals surface area (Å²) in [5.41, 5.74) is -0.392. The zero-order valence-electron chi connectivity index (χ0n) is 89.3. The molecule has 0 aliphatic carbocycles. The number of hydrogen-bond acceptors (Lipinski definition) is 25. The number of hydrogen-bond donors (Lipinski definition) is 4. The molecule has 0 amide bonds. The molecule has 11 heterocycles. The molecule has 0 saturated carbocycles. The molecule has 770 valence electrons. The highest BCUT2D eigenvalue weighted by Gasteiger charge is 2.30. The lowest BCUT2D eigenvalue weighted by molar-refractivity contribution is -0.0600. The van der Waals surface area contributed by atoms with Crippen molar-refractivity contribution in [1.82, 2.24) is 54.3 Å².